The summed E-state index contributed by atoms with van der Waals surface area (Å²) in [6.07, 6.45) is -1.73. The van der Waals surface area contributed by atoms with E-state index in [0.717, 1.165) is 11.8 Å². The first-order valence-corrected chi connectivity index (χ1v) is 7.06. The highest BCUT2D eigenvalue weighted by molar-refractivity contribution is 8.00. The number of hydrogen-bond acceptors (Lipinski definition) is 4. The molecule has 0 bridgehead atoms. The van der Waals surface area contributed by atoms with Crippen LogP contribution in [0.3, 0.4) is 0 Å². The number of hydrogen-bond donors (Lipinski definition) is 0. The standard InChI is InChI=1S/C11H16F3NO2S/c1-17-9(16)7-6-10(18-2,11(12,13)14)15-5-3-4-8(7)15/h7-8H,3-6H2,1-2H3/t7-,8-,10+/m1/s1. The summed E-state index contributed by atoms with van der Waals surface area (Å²) in [5.74, 6) is -1.18. The molecule has 104 valence electrons. The van der Waals surface area contributed by atoms with Gasteiger partial charge in [-0.05, 0) is 25.5 Å². The largest absolute Gasteiger partial charge is 0.469 e. The lowest BCUT2D eigenvalue weighted by atomic mass is 9.96. The van der Waals surface area contributed by atoms with E-state index < -0.39 is 22.9 Å². The Kier molecular flexibility index (Phi) is 3.57. The van der Waals surface area contributed by atoms with Crippen LogP contribution in [0.4, 0.5) is 13.2 Å². The van der Waals surface area contributed by atoms with Gasteiger partial charge in [-0.25, -0.2) is 0 Å². The highest BCUT2D eigenvalue weighted by Gasteiger charge is 2.67. The van der Waals surface area contributed by atoms with Crippen LogP contribution in [-0.4, -0.2) is 47.9 Å². The van der Waals surface area contributed by atoms with E-state index in [1.165, 1.54) is 18.3 Å². The molecule has 0 spiro atoms. The molecule has 3 atom stereocenters. The molecule has 0 aromatic carbocycles. The molecule has 18 heavy (non-hydrogen) atoms. The molecule has 2 saturated heterocycles. The van der Waals surface area contributed by atoms with Crippen LogP contribution in [0.2, 0.25) is 0 Å². The Morgan fingerprint density at radius 3 is 2.67 bits per heavy atom. The number of ether oxygens (including phenoxy) is 1. The van der Waals surface area contributed by atoms with Crippen LogP contribution in [0.5, 0.6) is 0 Å². The molecule has 0 unspecified atom stereocenters. The number of nitrogens with zero attached hydrogens (tertiary/aromatic N) is 1. The average molecular weight is 283 g/mol. The molecule has 2 aliphatic heterocycles. The lowest BCUT2D eigenvalue weighted by molar-refractivity contribution is -0.190. The Labute approximate surface area is 108 Å². The van der Waals surface area contributed by atoms with E-state index in [1.54, 1.807) is 0 Å². The molecule has 7 heteroatoms. The fourth-order valence-corrected chi connectivity index (χ4v) is 4.24. The Bertz CT molecular complexity index is 350. The second kappa shape index (κ2) is 4.59. The Morgan fingerprint density at radius 1 is 1.50 bits per heavy atom. The van der Waals surface area contributed by atoms with Crippen molar-refractivity contribution in [1.82, 2.24) is 4.90 Å². The topological polar surface area (TPSA) is 29.5 Å². The van der Waals surface area contributed by atoms with Gasteiger partial charge in [0.15, 0.2) is 4.87 Å². The first-order chi connectivity index (χ1) is 8.37. The van der Waals surface area contributed by atoms with Crippen molar-refractivity contribution < 1.29 is 22.7 Å². The number of thioether (sulfide) groups is 1. The van der Waals surface area contributed by atoms with E-state index in [0.29, 0.717) is 19.4 Å². The maximum Gasteiger partial charge on any atom is 0.416 e. The third-order valence-electron chi connectivity index (χ3n) is 4.01. The lowest BCUT2D eigenvalue weighted by Gasteiger charge is -2.38. The third-order valence-corrected chi connectivity index (χ3v) is 5.32. The summed E-state index contributed by atoms with van der Waals surface area (Å²) in [7, 11) is 1.23. The zero-order valence-electron chi connectivity index (χ0n) is 10.3. The van der Waals surface area contributed by atoms with Crippen molar-refractivity contribution in [1.29, 1.82) is 0 Å². The SMILES string of the molecule is COC(=O)[C@@H]1C[C@](SC)(C(F)(F)F)N2CCC[C@H]12. The van der Waals surface area contributed by atoms with Gasteiger partial charge in [-0.15, -0.1) is 11.8 Å². The predicted octanol–water partition coefficient (Wildman–Crippen LogP) is 2.27. The zero-order valence-corrected chi connectivity index (χ0v) is 11.1. The number of carbonyl (C=O) groups excluding carboxylic acids is 1. The second-order valence-corrected chi connectivity index (χ2v) is 5.81. The second-order valence-electron chi connectivity index (χ2n) is 4.72. The van der Waals surface area contributed by atoms with E-state index in [4.69, 9.17) is 0 Å². The minimum absolute atomic E-state index is 0.199. The summed E-state index contributed by atoms with van der Waals surface area (Å²) >= 11 is 0.788. The molecule has 0 radical (unpaired) electrons. The maximum absolute atomic E-state index is 13.4. The van der Waals surface area contributed by atoms with E-state index in [9.17, 15) is 18.0 Å². The van der Waals surface area contributed by atoms with Crippen LogP contribution < -0.4 is 0 Å². The Balaban J connectivity index is 2.36. The molecule has 0 N–H and O–H groups in total. The molecule has 2 heterocycles. The maximum atomic E-state index is 13.4. The lowest BCUT2D eigenvalue weighted by Crippen LogP contribution is -2.52. The fourth-order valence-electron chi connectivity index (χ4n) is 3.20. The van der Waals surface area contributed by atoms with E-state index in [-0.39, 0.29) is 12.5 Å². The van der Waals surface area contributed by atoms with Crippen LogP contribution in [0, 0.1) is 5.92 Å². The number of halogens is 3. The van der Waals surface area contributed by atoms with Crippen molar-refractivity contribution >= 4 is 17.7 Å². The summed E-state index contributed by atoms with van der Waals surface area (Å²) in [6, 6.07) is -0.327. The summed E-state index contributed by atoms with van der Waals surface area (Å²) in [6.45, 7) is 0.401. The molecular formula is C11H16F3NO2S. The summed E-state index contributed by atoms with van der Waals surface area (Å²) in [5.41, 5.74) is 0. The Hall–Kier alpha value is -0.430. The zero-order chi connectivity index (χ0) is 13.6. The minimum Gasteiger partial charge on any atom is -0.469 e. The molecule has 0 aromatic rings. The third kappa shape index (κ3) is 1.82. The monoisotopic (exact) mass is 283 g/mol. The van der Waals surface area contributed by atoms with Gasteiger partial charge in [-0.2, -0.15) is 13.2 Å². The van der Waals surface area contributed by atoms with Crippen LogP contribution >= 0.6 is 11.8 Å². The molecule has 0 aromatic heterocycles. The van der Waals surface area contributed by atoms with Gasteiger partial charge >= 0.3 is 12.1 Å². The van der Waals surface area contributed by atoms with E-state index in [1.807, 2.05) is 0 Å². The number of alkyl halides is 3. The number of methoxy groups -OCH3 is 1. The van der Waals surface area contributed by atoms with Crippen molar-refractivity contribution in [3.05, 3.63) is 0 Å². The van der Waals surface area contributed by atoms with Gasteiger partial charge in [0.25, 0.3) is 0 Å². The molecule has 2 aliphatic rings. The van der Waals surface area contributed by atoms with E-state index in [2.05, 4.69) is 4.74 Å². The fraction of sp³-hybridized carbons (Fsp3) is 0.909. The normalized spacial score (nSPS) is 36.7. The number of carbonyl (C=O) groups is 1. The minimum atomic E-state index is -4.34. The van der Waals surface area contributed by atoms with Crippen molar-refractivity contribution in [2.24, 2.45) is 5.92 Å². The van der Waals surface area contributed by atoms with Crippen LogP contribution in [0.1, 0.15) is 19.3 Å². The van der Waals surface area contributed by atoms with Gasteiger partial charge in [-0.3, -0.25) is 9.69 Å². The molecule has 0 amide bonds. The van der Waals surface area contributed by atoms with Crippen LogP contribution in [-0.2, 0) is 9.53 Å². The van der Waals surface area contributed by atoms with Gasteiger partial charge in [0.05, 0.1) is 13.0 Å². The van der Waals surface area contributed by atoms with Gasteiger partial charge in [0.1, 0.15) is 0 Å². The smallest absolute Gasteiger partial charge is 0.416 e. The summed E-state index contributed by atoms with van der Waals surface area (Å²) in [5, 5.41) is 0. The van der Waals surface area contributed by atoms with Gasteiger partial charge in [0, 0.05) is 12.6 Å². The molecule has 3 nitrogen and oxygen atoms in total. The van der Waals surface area contributed by atoms with Gasteiger partial charge in [-0.1, -0.05) is 0 Å². The number of rotatable bonds is 2. The van der Waals surface area contributed by atoms with Crippen LogP contribution in [0.25, 0.3) is 0 Å². The van der Waals surface area contributed by atoms with Crippen LogP contribution in [0.15, 0.2) is 0 Å². The van der Waals surface area contributed by atoms with E-state index >= 15 is 0 Å². The highest BCUT2D eigenvalue weighted by atomic mass is 32.2. The Morgan fingerprint density at radius 2 is 2.17 bits per heavy atom. The molecule has 0 saturated carbocycles. The molecule has 2 rings (SSSR count). The first kappa shape index (κ1) is 14.0. The first-order valence-electron chi connectivity index (χ1n) is 5.84. The van der Waals surface area contributed by atoms with Crippen molar-refractivity contribution in [2.45, 2.75) is 36.4 Å². The molecular weight excluding hydrogens is 267 g/mol. The quantitative estimate of drug-likeness (QED) is 0.727. The van der Waals surface area contributed by atoms with Crippen molar-refractivity contribution in [2.75, 3.05) is 19.9 Å². The highest BCUT2D eigenvalue weighted by Crippen LogP contribution is 2.56. The number of esters is 1. The summed E-state index contributed by atoms with van der Waals surface area (Å²) < 4.78 is 44.8. The van der Waals surface area contributed by atoms with Gasteiger partial charge < -0.3 is 4.74 Å². The summed E-state index contributed by atoms with van der Waals surface area (Å²) in [4.78, 5) is 11.2. The molecule has 0 aliphatic carbocycles. The predicted molar refractivity (Wildman–Crippen MR) is 62.2 cm³/mol. The van der Waals surface area contributed by atoms with Crippen molar-refractivity contribution in [3.8, 4) is 0 Å². The van der Waals surface area contributed by atoms with Gasteiger partial charge in [0.2, 0.25) is 0 Å². The average Bonchev–Trinajstić information content (AvgIpc) is 2.86. The number of fused-ring (bicyclic) bond motifs is 1. The molecule has 2 fully saturated rings. The van der Waals surface area contributed by atoms with Crippen molar-refractivity contribution in [3.63, 3.8) is 0 Å².